The average Bonchev–Trinajstić information content (AvgIpc) is 2.79. The highest BCUT2D eigenvalue weighted by Crippen LogP contribution is 2.20. The van der Waals surface area contributed by atoms with Gasteiger partial charge in [0.1, 0.15) is 24.1 Å². The Morgan fingerprint density at radius 1 is 1.18 bits per heavy atom. The first-order valence-corrected chi connectivity index (χ1v) is 10.7. The Morgan fingerprint density at radius 2 is 2.00 bits per heavy atom. The maximum atomic E-state index is 13.6. The van der Waals surface area contributed by atoms with Crippen molar-refractivity contribution in [3.8, 4) is 0 Å². The summed E-state index contributed by atoms with van der Waals surface area (Å²) in [5.74, 6) is -0.719. The number of aliphatic hydroxyl groups is 2. The fourth-order valence-corrected chi connectivity index (χ4v) is 3.48. The van der Waals surface area contributed by atoms with Gasteiger partial charge in [0, 0.05) is 17.6 Å². The van der Waals surface area contributed by atoms with Crippen molar-refractivity contribution in [3.05, 3.63) is 70.9 Å². The van der Waals surface area contributed by atoms with Crippen LogP contribution in [0.25, 0.3) is 10.8 Å². The number of nitrogens with zero attached hydrogens (tertiary/aromatic N) is 1. The summed E-state index contributed by atoms with van der Waals surface area (Å²) in [6, 6.07) is 9.81. The van der Waals surface area contributed by atoms with Crippen molar-refractivity contribution >= 4 is 34.3 Å². The normalized spacial score (nSPS) is 13.0. The average molecular weight is 480 g/mol. The molecule has 0 unspecified atom stereocenters. The highest BCUT2D eigenvalue weighted by Gasteiger charge is 2.17. The molecule has 1 heterocycles. The van der Waals surface area contributed by atoms with Gasteiger partial charge in [-0.15, -0.1) is 0 Å². The van der Waals surface area contributed by atoms with Gasteiger partial charge < -0.3 is 20.3 Å². The maximum Gasteiger partial charge on any atom is 0.412 e. The molecule has 0 aliphatic carbocycles. The fourth-order valence-electron chi connectivity index (χ4n) is 3.26. The summed E-state index contributed by atoms with van der Waals surface area (Å²) in [5, 5.41) is 25.9. The summed E-state index contributed by atoms with van der Waals surface area (Å²) >= 11 is 5.96. The number of carbonyl (C=O) groups is 1. The number of pyridine rings is 1. The Balaban J connectivity index is 1.54. The van der Waals surface area contributed by atoms with E-state index >= 15 is 0 Å². The van der Waals surface area contributed by atoms with Gasteiger partial charge in [0.05, 0.1) is 17.7 Å². The van der Waals surface area contributed by atoms with Gasteiger partial charge in [0.2, 0.25) is 0 Å². The number of benzene rings is 2. The van der Waals surface area contributed by atoms with Crippen molar-refractivity contribution in [1.29, 1.82) is 0 Å². The molecule has 0 bridgehead atoms. The number of aromatic nitrogens is 1. The first-order valence-electron chi connectivity index (χ1n) is 10.3. The molecule has 0 fully saturated rings. The van der Waals surface area contributed by atoms with Crippen LogP contribution >= 0.6 is 11.6 Å². The van der Waals surface area contributed by atoms with Crippen molar-refractivity contribution in [2.24, 2.45) is 0 Å². The smallest absolute Gasteiger partial charge is 0.412 e. The van der Waals surface area contributed by atoms with E-state index in [1.54, 1.807) is 18.2 Å². The topological polar surface area (TPSA) is 104 Å². The van der Waals surface area contributed by atoms with Crippen LogP contribution in [0.1, 0.15) is 12.0 Å². The van der Waals surface area contributed by atoms with E-state index in [0.29, 0.717) is 23.9 Å². The fraction of sp³-hybridized carbons (Fsp3) is 0.304. The number of carbonyl (C=O) groups excluding carboxylic acids is 1. The second kappa shape index (κ2) is 11.9. The predicted octanol–water partition coefficient (Wildman–Crippen LogP) is 3.66. The Bertz CT molecular complexity index is 1100. The van der Waals surface area contributed by atoms with Crippen LogP contribution in [0.5, 0.6) is 0 Å². The number of aliphatic hydroxyl groups excluding tert-OH is 2. The quantitative estimate of drug-likeness (QED) is 0.354. The molecule has 0 saturated heterocycles. The molecule has 0 aliphatic heterocycles. The lowest BCUT2D eigenvalue weighted by Gasteiger charge is -2.21. The van der Waals surface area contributed by atoms with Gasteiger partial charge in [-0.3, -0.25) is 5.32 Å². The van der Waals surface area contributed by atoms with E-state index in [0.717, 1.165) is 5.39 Å². The van der Waals surface area contributed by atoms with Gasteiger partial charge in [0.25, 0.3) is 0 Å². The van der Waals surface area contributed by atoms with Crippen molar-refractivity contribution in [2.45, 2.75) is 25.0 Å². The largest absolute Gasteiger partial charge is 0.448 e. The van der Waals surface area contributed by atoms with Gasteiger partial charge in [-0.1, -0.05) is 23.7 Å². The Kier molecular flexibility index (Phi) is 8.90. The van der Waals surface area contributed by atoms with Crippen LogP contribution in [0.2, 0.25) is 5.02 Å². The van der Waals surface area contributed by atoms with Gasteiger partial charge in [-0.2, -0.15) is 0 Å². The summed E-state index contributed by atoms with van der Waals surface area (Å²) in [5.41, 5.74) is 0.614. The lowest BCUT2D eigenvalue weighted by molar-refractivity contribution is 0.0671. The van der Waals surface area contributed by atoms with Crippen LogP contribution in [0.4, 0.5) is 19.4 Å². The molecular formula is C23H24ClF2N3O4. The van der Waals surface area contributed by atoms with Crippen LogP contribution in [-0.4, -0.2) is 53.2 Å². The molecular weight excluding hydrogens is 456 g/mol. The van der Waals surface area contributed by atoms with E-state index in [1.807, 2.05) is 0 Å². The van der Waals surface area contributed by atoms with Crippen molar-refractivity contribution in [1.82, 2.24) is 10.3 Å². The Hall–Kier alpha value is -2.85. The number of fused-ring (bicyclic) bond motifs is 1. The van der Waals surface area contributed by atoms with E-state index in [9.17, 15) is 18.7 Å². The second-order valence-corrected chi connectivity index (χ2v) is 7.85. The minimum absolute atomic E-state index is 0.0460. The SMILES string of the molecule is O=C(Nc1cc2cc(F)ccc2cn1)OC[C@H](C[C@H](O)CO)NCCc1cccc(F)c1Cl. The Morgan fingerprint density at radius 3 is 2.79 bits per heavy atom. The third-order valence-corrected chi connectivity index (χ3v) is 5.38. The van der Waals surface area contributed by atoms with Crippen molar-refractivity contribution in [2.75, 3.05) is 25.1 Å². The number of halogens is 3. The molecule has 0 saturated carbocycles. The molecule has 2 atom stereocenters. The molecule has 0 radical (unpaired) electrons. The van der Waals surface area contributed by atoms with Crippen LogP contribution in [0.15, 0.2) is 48.7 Å². The lowest BCUT2D eigenvalue weighted by Crippen LogP contribution is -2.39. The molecule has 4 N–H and O–H groups in total. The van der Waals surface area contributed by atoms with Crippen LogP contribution in [0, 0.1) is 11.6 Å². The highest BCUT2D eigenvalue weighted by atomic mass is 35.5. The van der Waals surface area contributed by atoms with Gasteiger partial charge in [-0.05, 0) is 60.7 Å². The molecule has 3 aromatic rings. The lowest BCUT2D eigenvalue weighted by atomic mass is 10.1. The third kappa shape index (κ3) is 7.33. The zero-order valence-corrected chi connectivity index (χ0v) is 18.4. The van der Waals surface area contributed by atoms with Gasteiger partial charge in [0.15, 0.2) is 0 Å². The third-order valence-electron chi connectivity index (χ3n) is 4.96. The van der Waals surface area contributed by atoms with E-state index in [4.69, 9.17) is 21.4 Å². The number of rotatable bonds is 10. The van der Waals surface area contributed by atoms with E-state index in [2.05, 4.69) is 15.6 Å². The first kappa shape index (κ1) is 24.8. The number of amides is 1. The molecule has 0 aliphatic rings. The second-order valence-electron chi connectivity index (χ2n) is 7.47. The van der Waals surface area contributed by atoms with E-state index in [-0.39, 0.29) is 23.9 Å². The Labute approximate surface area is 194 Å². The van der Waals surface area contributed by atoms with Crippen molar-refractivity contribution in [3.63, 3.8) is 0 Å². The minimum Gasteiger partial charge on any atom is -0.448 e. The number of anilines is 1. The molecule has 7 nitrogen and oxygen atoms in total. The number of hydrogen-bond donors (Lipinski definition) is 4. The zero-order chi connectivity index (χ0) is 23.8. The summed E-state index contributed by atoms with van der Waals surface area (Å²) in [4.78, 5) is 16.3. The molecule has 176 valence electrons. The van der Waals surface area contributed by atoms with Gasteiger partial charge >= 0.3 is 6.09 Å². The number of ether oxygens (including phenoxy) is 1. The molecule has 10 heteroatoms. The molecule has 0 spiro atoms. The first-order chi connectivity index (χ1) is 15.9. The van der Waals surface area contributed by atoms with Gasteiger partial charge in [-0.25, -0.2) is 18.6 Å². The molecule has 1 aromatic heterocycles. The van der Waals surface area contributed by atoms with Crippen molar-refractivity contribution < 1.29 is 28.5 Å². The number of nitrogens with one attached hydrogen (secondary N) is 2. The molecule has 1 amide bonds. The summed E-state index contributed by atoms with van der Waals surface area (Å²) in [6.45, 7) is -0.186. The molecule has 2 aromatic carbocycles. The van der Waals surface area contributed by atoms with Crippen LogP contribution < -0.4 is 10.6 Å². The molecule has 3 rings (SSSR count). The van der Waals surface area contributed by atoms with E-state index < -0.39 is 36.5 Å². The number of hydrogen-bond acceptors (Lipinski definition) is 6. The monoisotopic (exact) mass is 479 g/mol. The standard InChI is InChI=1S/C23H24ClF2N3O4/c24-22-14(2-1-3-20(22)26)6-7-27-18(10-19(31)12-30)13-33-23(32)29-21-9-16-8-17(25)5-4-15(16)11-28-21/h1-5,8-9,11,18-19,27,30-31H,6-7,10,12-13H2,(H,28,29,32)/t18-,19-/m0/s1. The van der Waals surface area contributed by atoms with E-state index in [1.165, 1.54) is 30.5 Å². The summed E-state index contributed by atoms with van der Waals surface area (Å²) in [6.07, 6.45) is 0.241. The zero-order valence-electron chi connectivity index (χ0n) is 17.6. The maximum absolute atomic E-state index is 13.6. The summed E-state index contributed by atoms with van der Waals surface area (Å²) < 4.78 is 32.2. The van der Waals surface area contributed by atoms with Crippen LogP contribution in [0.3, 0.4) is 0 Å². The van der Waals surface area contributed by atoms with Crippen LogP contribution in [-0.2, 0) is 11.2 Å². The summed E-state index contributed by atoms with van der Waals surface area (Å²) in [7, 11) is 0. The minimum atomic E-state index is -1.01. The molecule has 33 heavy (non-hydrogen) atoms. The highest BCUT2D eigenvalue weighted by molar-refractivity contribution is 6.31. The predicted molar refractivity (Wildman–Crippen MR) is 121 cm³/mol.